The fourth-order valence-electron chi connectivity index (χ4n) is 2.29. The quantitative estimate of drug-likeness (QED) is 0.600. The topological polar surface area (TPSA) is 57.9 Å². The van der Waals surface area contributed by atoms with Gasteiger partial charge in [0, 0.05) is 17.1 Å². The first kappa shape index (κ1) is 17.6. The predicted molar refractivity (Wildman–Crippen MR) is 102 cm³/mol. The molecule has 1 aromatic heterocycles. The Morgan fingerprint density at radius 2 is 2.04 bits per heavy atom. The monoisotopic (exact) mass is 365 g/mol. The van der Waals surface area contributed by atoms with Crippen molar-refractivity contribution in [1.82, 2.24) is 4.98 Å². The standard InChI is InChI=1S/C20H16FN3OS/c1-2-25-16-9-7-14(8-10-16)19-13-26-20(24-19)15(11-22)12-23-18-6-4-3-5-17(18)21/h3-10,12-13,23H,2H2,1H3/b15-12+. The minimum Gasteiger partial charge on any atom is -0.494 e. The molecule has 130 valence electrons. The third-order valence-electron chi connectivity index (χ3n) is 3.56. The highest BCUT2D eigenvalue weighted by atomic mass is 32.1. The average molecular weight is 365 g/mol. The molecule has 0 amide bonds. The van der Waals surface area contributed by atoms with Crippen LogP contribution in [0.25, 0.3) is 16.8 Å². The number of nitrogens with one attached hydrogen (secondary N) is 1. The Morgan fingerprint density at radius 3 is 2.73 bits per heavy atom. The third-order valence-corrected chi connectivity index (χ3v) is 4.44. The van der Waals surface area contributed by atoms with E-state index >= 15 is 0 Å². The number of anilines is 1. The van der Waals surface area contributed by atoms with Gasteiger partial charge in [0.1, 0.15) is 28.2 Å². The molecule has 0 spiro atoms. The summed E-state index contributed by atoms with van der Waals surface area (Å²) in [7, 11) is 0. The van der Waals surface area contributed by atoms with Crippen LogP contribution in [0.15, 0.2) is 60.1 Å². The van der Waals surface area contributed by atoms with E-state index in [0.717, 1.165) is 17.0 Å². The summed E-state index contributed by atoms with van der Waals surface area (Å²) in [6.45, 7) is 2.55. The molecule has 0 aliphatic rings. The van der Waals surface area contributed by atoms with Gasteiger partial charge in [0.15, 0.2) is 0 Å². The highest BCUT2D eigenvalue weighted by Crippen LogP contribution is 2.27. The molecule has 1 N–H and O–H groups in total. The number of nitrogens with zero attached hydrogens (tertiary/aromatic N) is 2. The molecule has 0 radical (unpaired) electrons. The van der Waals surface area contributed by atoms with Crippen molar-refractivity contribution in [1.29, 1.82) is 5.26 Å². The van der Waals surface area contributed by atoms with Crippen molar-refractivity contribution in [3.63, 3.8) is 0 Å². The molecule has 0 saturated carbocycles. The number of hydrogen-bond donors (Lipinski definition) is 1. The second kappa shape index (κ2) is 8.28. The lowest BCUT2D eigenvalue weighted by Crippen LogP contribution is -1.93. The summed E-state index contributed by atoms with van der Waals surface area (Å²) in [5.74, 6) is 0.425. The smallest absolute Gasteiger partial charge is 0.146 e. The Bertz CT molecular complexity index is 958. The Balaban J connectivity index is 1.79. The summed E-state index contributed by atoms with van der Waals surface area (Å²) in [6.07, 6.45) is 1.47. The number of ether oxygens (including phenoxy) is 1. The van der Waals surface area contributed by atoms with Gasteiger partial charge in [-0.1, -0.05) is 12.1 Å². The Morgan fingerprint density at radius 1 is 1.27 bits per heavy atom. The largest absolute Gasteiger partial charge is 0.494 e. The summed E-state index contributed by atoms with van der Waals surface area (Å²) in [5.41, 5.74) is 2.37. The molecular formula is C20H16FN3OS. The Kier molecular flexibility index (Phi) is 5.62. The van der Waals surface area contributed by atoms with E-state index < -0.39 is 0 Å². The van der Waals surface area contributed by atoms with E-state index in [1.54, 1.807) is 18.2 Å². The number of nitriles is 1. The maximum atomic E-state index is 13.7. The molecule has 4 nitrogen and oxygen atoms in total. The van der Waals surface area contributed by atoms with Gasteiger partial charge in [-0.15, -0.1) is 11.3 Å². The third kappa shape index (κ3) is 4.08. The molecule has 0 bridgehead atoms. The van der Waals surface area contributed by atoms with Crippen LogP contribution < -0.4 is 10.1 Å². The Labute approximate surface area is 155 Å². The van der Waals surface area contributed by atoms with Gasteiger partial charge >= 0.3 is 0 Å². The van der Waals surface area contributed by atoms with Gasteiger partial charge < -0.3 is 10.1 Å². The summed E-state index contributed by atoms with van der Waals surface area (Å²) < 4.78 is 19.1. The maximum absolute atomic E-state index is 13.7. The van der Waals surface area contributed by atoms with Crippen molar-refractivity contribution in [2.75, 3.05) is 11.9 Å². The number of allylic oxidation sites excluding steroid dienone is 1. The van der Waals surface area contributed by atoms with E-state index in [4.69, 9.17) is 4.74 Å². The number of aromatic nitrogens is 1. The van der Waals surface area contributed by atoms with Crippen LogP contribution in [0.2, 0.25) is 0 Å². The van der Waals surface area contributed by atoms with E-state index in [9.17, 15) is 9.65 Å². The molecule has 0 fully saturated rings. The summed E-state index contributed by atoms with van der Waals surface area (Å²) in [4.78, 5) is 4.52. The summed E-state index contributed by atoms with van der Waals surface area (Å²) in [6, 6.07) is 16.0. The molecule has 3 rings (SSSR count). The fraction of sp³-hybridized carbons (Fsp3) is 0.100. The zero-order chi connectivity index (χ0) is 18.4. The SMILES string of the molecule is CCOc1ccc(-c2csc(/C(C#N)=C/Nc3ccccc3F)n2)cc1. The van der Waals surface area contributed by atoms with Crippen molar-refractivity contribution in [3.8, 4) is 23.1 Å². The number of hydrogen-bond acceptors (Lipinski definition) is 5. The zero-order valence-electron chi connectivity index (χ0n) is 14.1. The number of benzene rings is 2. The number of thiazole rings is 1. The van der Waals surface area contributed by atoms with Crippen molar-refractivity contribution in [3.05, 3.63) is 70.9 Å². The normalized spacial score (nSPS) is 11.0. The number of para-hydroxylation sites is 1. The van der Waals surface area contributed by atoms with Gasteiger partial charge in [-0.05, 0) is 43.3 Å². The van der Waals surface area contributed by atoms with Crippen LogP contribution in [-0.4, -0.2) is 11.6 Å². The molecule has 0 atom stereocenters. The first-order valence-corrected chi connectivity index (χ1v) is 8.89. The molecule has 0 saturated heterocycles. The molecule has 2 aromatic carbocycles. The minimum atomic E-state index is -0.379. The van der Waals surface area contributed by atoms with Crippen molar-refractivity contribution < 1.29 is 9.13 Å². The highest BCUT2D eigenvalue weighted by molar-refractivity contribution is 7.11. The van der Waals surface area contributed by atoms with Gasteiger partial charge in [-0.25, -0.2) is 9.37 Å². The molecule has 3 aromatic rings. The van der Waals surface area contributed by atoms with Crippen LogP contribution in [0.5, 0.6) is 5.75 Å². The van der Waals surface area contributed by atoms with Gasteiger partial charge in [0.05, 0.1) is 18.0 Å². The van der Waals surface area contributed by atoms with Crippen LogP contribution >= 0.6 is 11.3 Å². The first-order valence-electron chi connectivity index (χ1n) is 8.01. The second-order valence-electron chi connectivity index (χ2n) is 5.29. The van der Waals surface area contributed by atoms with Crippen LogP contribution in [0.4, 0.5) is 10.1 Å². The lowest BCUT2D eigenvalue weighted by atomic mass is 10.2. The lowest BCUT2D eigenvalue weighted by Gasteiger charge is -2.03. The van der Waals surface area contributed by atoms with Crippen LogP contribution in [0.3, 0.4) is 0 Å². The first-order chi connectivity index (χ1) is 12.7. The molecule has 1 heterocycles. The summed E-state index contributed by atoms with van der Waals surface area (Å²) in [5, 5.41) is 14.7. The van der Waals surface area contributed by atoms with E-state index in [1.165, 1.54) is 23.6 Å². The molecule has 0 unspecified atom stereocenters. The van der Waals surface area contributed by atoms with Crippen molar-refractivity contribution in [2.24, 2.45) is 0 Å². The zero-order valence-corrected chi connectivity index (χ0v) is 14.9. The van der Waals surface area contributed by atoms with E-state index in [-0.39, 0.29) is 5.82 Å². The molecular weight excluding hydrogens is 349 g/mol. The molecule has 0 aliphatic carbocycles. The van der Waals surface area contributed by atoms with Crippen LogP contribution in [0.1, 0.15) is 11.9 Å². The van der Waals surface area contributed by atoms with Crippen LogP contribution in [0, 0.1) is 17.1 Å². The van der Waals surface area contributed by atoms with E-state index in [1.807, 2.05) is 36.6 Å². The van der Waals surface area contributed by atoms with Gasteiger partial charge in [0.25, 0.3) is 0 Å². The Hall–Kier alpha value is -3.17. The highest BCUT2D eigenvalue weighted by Gasteiger charge is 2.09. The molecule has 0 aliphatic heterocycles. The second-order valence-corrected chi connectivity index (χ2v) is 6.15. The van der Waals surface area contributed by atoms with Crippen LogP contribution in [-0.2, 0) is 0 Å². The van der Waals surface area contributed by atoms with Gasteiger partial charge in [-0.3, -0.25) is 0 Å². The molecule has 6 heteroatoms. The average Bonchev–Trinajstić information content (AvgIpc) is 3.14. The summed E-state index contributed by atoms with van der Waals surface area (Å²) >= 11 is 1.36. The van der Waals surface area contributed by atoms with E-state index in [2.05, 4.69) is 16.4 Å². The van der Waals surface area contributed by atoms with E-state index in [0.29, 0.717) is 22.9 Å². The molecule has 26 heavy (non-hydrogen) atoms. The van der Waals surface area contributed by atoms with Gasteiger partial charge in [-0.2, -0.15) is 5.26 Å². The van der Waals surface area contributed by atoms with Crippen molar-refractivity contribution >= 4 is 22.6 Å². The number of halogens is 1. The lowest BCUT2D eigenvalue weighted by molar-refractivity contribution is 0.340. The minimum absolute atomic E-state index is 0.309. The van der Waals surface area contributed by atoms with Gasteiger partial charge in [0.2, 0.25) is 0 Å². The van der Waals surface area contributed by atoms with Crippen molar-refractivity contribution in [2.45, 2.75) is 6.92 Å². The fourth-order valence-corrected chi connectivity index (χ4v) is 3.08. The maximum Gasteiger partial charge on any atom is 0.146 e. The number of rotatable bonds is 6. The predicted octanol–water partition coefficient (Wildman–Crippen LogP) is 5.32.